The van der Waals surface area contributed by atoms with Gasteiger partial charge in [-0.3, -0.25) is 4.79 Å². The molecule has 2 rings (SSSR count). The van der Waals surface area contributed by atoms with Crippen LogP contribution in [-0.2, 0) is 4.79 Å². The van der Waals surface area contributed by atoms with E-state index in [0.717, 1.165) is 38.9 Å². The minimum absolute atomic E-state index is 0.267. The van der Waals surface area contributed by atoms with Gasteiger partial charge in [-0.05, 0) is 56.0 Å². The SMILES string of the molecule is CC(C)C1(CNC(=O)CC2CCNCC2)CC1. The Balaban J connectivity index is 1.67. The molecule has 0 radical (unpaired) electrons. The van der Waals surface area contributed by atoms with Gasteiger partial charge >= 0.3 is 0 Å². The van der Waals surface area contributed by atoms with E-state index in [4.69, 9.17) is 0 Å². The molecule has 0 aromatic heterocycles. The Morgan fingerprint density at radius 1 is 1.35 bits per heavy atom. The molecule has 1 saturated carbocycles. The van der Waals surface area contributed by atoms with Gasteiger partial charge in [-0.2, -0.15) is 0 Å². The zero-order chi connectivity index (χ0) is 12.3. The van der Waals surface area contributed by atoms with E-state index in [0.29, 0.717) is 17.3 Å². The van der Waals surface area contributed by atoms with E-state index in [9.17, 15) is 4.79 Å². The van der Waals surface area contributed by atoms with Crippen molar-refractivity contribution in [1.29, 1.82) is 0 Å². The van der Waals surface area contributed by atoms with Crippen LogP contribution in [0.3, 0.4) is 0 Å². The van der Waals surface area contributed by atoms with Crippen LogP contribution in [0.25, 0.3) is 0 Å². The van der Waals surface area contributed by atoms with E-state index in [1.165, 1.54) is 12.8 Å². The Hall–Kier alpha value is -0.570. The predicted octanol–water partition coefficient (Wildman–Crippen LogP) is 1.93. The molecule has 1 saturated heterocycles. The van der Waals surface area contributed by atoms with E-state index in [-0.39, 0.29) is 5.91 Å². The van der Waals surface area contributed by atoms with E-state index >= 15 is 0 Å². The first-order valence-corrected chi connectivity index (χ1v) is 7.10. The molecule has 0 aromatic rings. The Bertz CT molecular complexity index is 265. The molecule has 1 heterocycles. The van der Waals surface area contributed by atoms with Crippen LogP contribution in [0.4, 0.5) is 0 Å². The number of carbonyl (C=O) groups is 1. The number of piperidine rings is 1. The summed E-state index contributed by atoms with van der Waals surface area (Å²) in [7, 11) is 0. The summed E-state index contributed by atoms with van der Waals surface area (Å²) in [4.78, 5) is 11.9. The maximum absolute atomic E-state index is 11.9. The summed E-state index contributed by atoms with van der Waals surface area (Å²) < 4.78 is 0. The lowest BCUT2D eigenvalue weighted by Gasteiger charge is -2.24. The lowest BCUT2D eigenvalue weighted by Crippen LogP contribution is -2.35. The summed E-state index contributed by atoms with van der Waals surface area (Å²) in [6.07, 6.45) is 5.62. The number of carbonyl (C=O) groups excluding carboxylic acids is 1. The van der Waals surface area contributed by atoms with Crippen LogP contribution in [0.15, 0.2) is 0 Å². The van der Waals surface area contributed by atoms with Crippen molar-refractivity contribution in [2.24, 2.45) is 17.3 Å². The predicted molar refractivity (Wildman–Crippen MR) is 69.7 cm³/mol. The standard InChI is InChI=1S/C14H26N2O/c1-11(2)14(5-6-14)10-16-13(17)9-12-3-7-15-8-4-12/h11-12,15H,3-10H2,1-2H3,(H,16,17). The number of rotatable bonds is 5. The smallest absolute Gasteiger partial charge is 0.220 e. The van der Waals surface area contributed by atoms with Gasteiger partial charge < -0.3 is 10.6 Å². The maximum Gasteiger partial charge on any atom is 0.220 e. The van der Waals surface area contributed by atoms with Crippen molar-refractivity contribution in [1.82, 2.24) is 10.6 Å². The second-order valence-corrected chi connectivity index (χ2v) is 6.19. The second-order valence-electron chi connectivity index (χ2n) is 6.19. The van der Waals surface area contributed by atoms with E-state index in [1.807, 2.05) is 0 Å². The Labute approximate surface area is 105 Å². The van der Waals surface area contributed by atoms with Crippen LogP contribution < -0.4 is 10.6 Å². The van der Waals surface area contributed by atoms with Gasteiger partial charge in [-0.15, -0.1) is 0 Å². The van der Waals surface area contributed by atoms with Crippen molar-refractivity contribution in [2.45, 2.75) is 46.0 Å². The minimum Gasteiger partial charge on any atom is -0.356 e. The Morgan fingerprint density at radius 3 is 2.53 bits per heavy atom. The van der Waals surface area contributed by atoms with Crippen molar-refractivity contribution < 1.29 is 4.79 Å². The van der Waals surface area contributed by atoms with Gasteiger partial charge in [0.05, 0.1) is 0 Å². The molecule has 1 aliphatic carbocycles. The fraction of sp³-hybridized carbons (Fsp3) is 0.929. The first kappa shape index (κ1) is 12.9. The van der Waals surface area contributed by atoms with E-state index in [2.05, 4.69) is 24.5 Å². The first-order valence-electron chi connectivity index (χ1n) is 7.10. The summed E-state index contributed by atoms with van der Waals surface area (Å²) in [5.74, 6) is 1.57. The molecule has 0 unspecified atom stereocenters. The molecule has 0 spiro atoms. The van der Waals surface area contributed by atoms with E-state index < -0.39 is 0 Å². The number of nitrogens with one attached hydrogen (secondary N) is 2. The van der Waals surface area contributed by atoms with Gasteiger partial charge in [-0.1, -0.05) is 13.8 Å². The molecule has 0 bridgehead atoms. The van der Waals surface area contributed by atoms with Crippen LogP contribution in [0, 0.1) is 17.3 Å². The highest BCUT2D eigenvalue weighted by atomic mass is 16.1. The zero-order valence-electron chi connectivity index (χ0n) is 11.2. The first-order chi connectivity index (χ1) is 8.12. The summed E-state index contributed by atoms with van der Waals surface area (Å²) in [6, 6.07) is 0. The van der Waals surface area contributed by atoms with Gasteiger partial charge in [0.25, 0.3) is 0 Å². The monoisotopic (exact) mass is 238 g/mol. The number of hydrogen-bond acceptors (Lipinski definition) is 2. The highest BCUT2D eigenvalue weighted by molar-refractivity contribution is 5.76. The molecule has 2 aliphatic rings. The molecular weight excluding hydrogens is 212 g/mol. The van der Waals surface area contributed by atoms with Crippen LogP contribution >= 0.6 is 0 Å². The van der Waals surface area contributed by atoms with E-state index in [1.54, 1.807) is 0 Å². The third kappa shape index (κ3) is 3.44. The fourth-order valence-electron chi connectivity index (χ4n) is 2.81. The average molecular weight is 238 g/mol. The average Bonchev–Trinajstić information content (AvgIpc) is 3.09. The van der Waals surface area contributed by atoms with Crippen LogP contribution in [0.5, 0.6) is 0 Å². The fourth-order valence-corrected chi connectivity index (χ4v) is 2.81. The molecule has 2 fully saturated rings. The molecule has 1 amide bonds. The number of amides is 1. The lowest BCUT2D eigenvalue weighted by molar-refractivity contribution is -0.122. The normalized spacial score (nSPS) is 23.7. The van der Waals surface area contributed by atoms with Gasteiger partial charge in [0.15, 0.2) is 0 Å². The zero-order valence-corrected chi connectivity index (χ0v) is 11.2. The molecule has 17 heavy (non-hydrogen) atoms. The quantitative estimate of drug-likeness (QED) is 0.768. The van der Waals surface area contributed by atoms with Crippen molar-refractivity contribution >= 4 is 5.91 Å². The van der Waals surface area contributed by atoms with Gasteiger partial charge in [-0.25, -0.2) is 0 Å². The molecule has 98 valence electrons. The minimum atomic E-state index is 0.267. The lowest BCUT2D eigenvalue weighted by atomic mass is 9.91. The molecule has 0 atom stereocenters. The highest BCUT2D eigenvalue weighted by Gasteiger charge is 2.45. The summed E-state index contributed by atoms with van der Waals surface area (Å²) in [6.45, 7) is 7.59. The van der Waals surface area contributed by atoms with Crippen molar-refractivity contribution in [3.63, 3.8) is 0 Å². The van der Waals surface area contributed by atoms with Gasteiger partial charge in [0, 0.05) is 13.0 Å². The molecule has 0 aromatic carbocycles. The number of hydrogen-bond donors (Lipinski definition) is 2. The Morgan fingerprint density at radius 2 is 2.00 bits per heavy atom. The molecule has 1 aliphatic heterocycles. The molecule has 2 N–H and O–H groups in total. The van der Waals surface area contributed by atoms with Crippen molar-refractivity contribution in [3.05, 3.63) is 0 Å². The third-order valence-electron chi connectivity index (χ3n) is 4.69. The summed E-state index contributed by atoms with van der Waals surface area (Å²) in [5.41, 5.74) is 0.434. The Kier molecular flexibility index (Phi) is 4.08. The van der Waals surface area contributed by atoms with Gasteiger partial charge in [0.2, 0.25) is 5.91 Å². The van der Waals surface area contributed by atoms with Crippen molar-refractivity contribution in [2.75, 3.05) is 19.6 Å². The molecule has 3 heteroatoms. The highest BCUT2D eigenvalue weighted by Crippen LogP contribution is 2.51. The van der Waals surface area contributed by atoms with Crippen LogP contribution in [0.2, 0.25) is 0 Å². The van der Waals surface area contributed by atoms with Crippen LogP contribution in [-0.4, -0.2) is 25.5 Å². The maximum atomic E-state index is 11.9. The largest absolute Gasteiger partial charge is 0.356 e. The second kappa shape index (κ2) is 5.38. The van der Waals surface area contributed by atoms with Crippen molar-refractivity contribution in [3.8, 4) is 0 Å². The summed E-state index contributed by atoms with van der Waals surface area (Å²) in [5, 5.41) is 6.49. The third-order valence-corrected chi connectivity index (χ3v) is 4.69. The molecular formula is C14H26N2O. The molecule has 3 nitrogen and oxygen atoms in total. The topological polar surface area (TPSA) is 41.1 Å². The van der Waals surface area contributed by atoms with Gasteiger partial charge in [0.1, 0.15) is 0 Å². The summed E-state index contributed by atoms with van der Waals surface area (Å²) >= 11 is 0. The van der Waals surface area contributed by atoms with Crippen LogP contribution in [0.1, 0.15) is 46.0 Å².